The number of esters is 2. The van der Waals surface area contributed by atoms with E-state index >= 15 is 0 Å². The first kappa shape index (κ1) is 25.0. The summed E-state index contributed by atoms with van der Waals surface area (Å²) in [4.78, 5) is 44.8. The van der Waals surface area contributed by atoms with Crippen LogP contribution in [0.4, 0.5) is 11.4 Å². The minimum Gasteiger partial charge on any atom is -0.508 e. The number of non-ortho nitro benzene ring substituents is 2. The van der Waals surface area contributed by atoms with Crippen LogP contribution in [0.5, 0.6) is 5.75 Å². The molecule has 1 atom stereocenters. The zero-order valence-electron chi connectivity index (χ0n) is 17.7. The summed E-state index contributed by atoms with van der Waals surface area (Å²) in [5, 5.41) is 31.3. The number of carbonyl (C=O) groups is 2. The molecular formula is C22H22N2O9. The van der Waals surface area contributed by atoms with Crippen LogP contribution in [0.25, 0.3) is 6.08 Å². The molecule has 0 aliphatic rings. The smallest absolute Gasteiger partial charge is 0.338 e. The summed E-state index contributed by atoms with van der Waals surface area (Å²) in [6.45, 7) is 1.60. The number of hydrogen-bond acceptors (Lipinski definition) is 9. The summed E-state index contributed by atoms with van der Waals surface area (Å²) in [5.41, 5.74) is -0.939. The second-order valence-electron chi connectivity index (χ2n) is 6.98. The molecule has 1 N–H and O–H groups in total. The van der Waals surface area contributed by atoms with E-state index in [1.165, 1.54) is 24.3 Å². The van der Waals surface area contributed by atoms with Gasteiger partial charge in [-0.3, -0.25) is 20.2 Å². The zero-order chi connectivity index (χ0) is 24.4. The molecule has 0 aliphatic heterocycles. The number of carbonyl (C=O) groups excluding carboxylic acids is 2. The fourth-order valence-corrected chi connectivity index (χ4v) is 2.74. The highest BCUT2D eigenvalue weighted by Crippen LogP contribution is 2.23. The lowest BCUT2D eigenvalue weighted by molar-refractivity contribution is -0.394. The van der Waals surface area contributed by atoms with Gasteiger partial charge >= 0.3 is 11.9 Å². The molecule has 0 saturated carbocycles. The van der Waals surface area contributed by atoms with Crippen LogP contribution < -0.4 is 0 Å². The molecule has 0 aromatic heterocycles. The second-order valence-corrected chi connectivity index (χ2v) is 6.98. The van der Waals surface area contributed by atoms with Gasteiger partial charge in [-0.1, -0.05) is 25.5 Å². The Morgan fingerprint density at radius 2 is 1.67 bits per heavy atom. The predicted octanol–water partition coefficient (Wildman–Crippen LogP) is 4.18. The molecule has 11 nitrogen and oxygen atoms in total. The van der Waals surface area contributed by atoms with Crippen LogP contribution in [0.2, 0.25) is 0 Å². The van der Waals surface area contributed by atoms with E-state index in [9.17, 15) is 34.9 Å². The Labute approximate surface area is 188 Å². The first-order valence-corrected chi connectivity index (χ1v) is 9.98. The molecule has 11 heteroatoms. The Balaban J connectivity index is 2.05. The molecule has 2 rings (SSSR count). The average Bonchev–Trinajstić information content (AvgIpc) is 2.79. The molecule has 0 radical (unpaired) electrons. The van der Waals surface area contributed by atoms with Crippen molar-refractivity contribution in [2.75, 3.05) is 6.61 Å². The number of aromatic hydroxyl groups is 1. The van der Waals surface area contributed by atoms with Gasteiger partial charge in [-0.25, -0.2) is 9.59 Å². The van der Waals surface area contributed by atoms with Crippen molar-refractivity contribution < 1.29 is 34.0 Å². The highest BCUT2D eigenvalue weighted by Gasteiger charge is 2.22. The minimum atomic E-state index is -1.01. The van der Waals surface area contributed by atoms with Crippen molar-refractivity contribution in [3.63, 3.8) is 0 Å². The van der Waals surface area contributed by atoms with Gasteiger partial charge in [-0.05, 0) is 36.6 Å². The first-order chi connectivity index (χ1) is 15.7. The van der Waals surface area contributed by atoms with E-state index in [1.807, 2.05) is 6.92 Å². The number of unbranched alkanes of at least 4 members (excludes halogenated alkanes) is 1. The predicted molar refractivity (Wildman–Crippen MR) is 117 cm³/mol. The molecule has 0 fully saturated rings. The average molecular weight is 458 g/mol. The number of hydrogen-bond donors (Lipinski definition) is 1. The Morgan fingerprint density at radius 3 is 2.21 bits per heavy atom. The Morgan fingerprint density at radius 1 is 1.06 bits per heavy atom. The fourth-order valence-electron chi connectivity index (χ4n) is 2.74. The fraction of sp³-hybridized carbons (Fsp3) is 0.273. The van der Waals surface area contributed by atoms with Gasteiger partial charge in [0.05, 0.1) is 21.5 Å². The van der Waals surface area contributed by atoms with Crippen LogP contribution in [-0.4, -0.2) is 39.6 Å². The topological polar surface area (TPSA) is 159 Å². The van der Waals surface area contributed by atoms with Gasteiger partial charge in [0.15, 0.2) is 0 Å². The van der Waals surface area contributed by atoms with Gasteiger partial charge < -0.3 is 14.6 Å². The number of phenolic OH excluding ortho intramolecular Hbond substituents is 1. The first-order valence-electron chi connectivity index (χ1n) is 9.98. The molecule has 0 spiro atoms. The SMILES string of the molecule is CCCCC(COC(=O)c1cc([N+](=O)[O-])cc([N+](=O)[O-])c1)OC(=O)/C=C/c1ccc(O)cc1. The molecule has 2 aromatic rings. The lowest BCUT2D eigenvalue weighted by Gasteiger charge is -2.17. The van der Waals surface area contributed by atoms with Gasteiger partial charge in [-0.15, -0.1) is 0 Å². The second kappa shape index (κ2) is 11.9. The Kier molecular flexibility index (Phi) is 9.04. The number of nitro benzene ring substituents is 2. The quantitative estimate of drug-likeness (QED) is 0.225. The molecule has 0 bridgehead atoms. The van der Waals surface area contributed by atoms with Crippen molar-refractivity contribution in [1.29, 1.82) is 0 Å². The summed E-state index contributed by atoms with van der Waals surface area (Å²) < 4.78 is 10.5. The van der Waals surface area contributed by atoms with Crippen molar-refractivity contribution in [1.82, 2.24) is 0 Å². The third-order valence-electron chi connectivity index (χ3n) is 4.43. The van der Waals surface area contributed by atoms with Crippen molar-refractivity contribution in [2.45, 2.75) is 32.3 Å². The lowest BCUT2D eigenvalue weighted by Crippen LogP contribution is -2.24. The minimum absolute atomic E-state index is 0.0882. The molecule has 0 saturated heterocycles. The van der Waals surface area contributed by atoms with Crippen LogP contribution in [0.1, 0.15) is 42.1 Å². The Bertz CT molecular complexity index is 1020. The summed E-state index contributed by atoms with van der Waals surface area (Å²) in [6, 6.07) is 8.63. The molecule has 2 aromatic carbocycles. The molecule has 174 valence electrons. The number of benzene rings is 2. The van der Waals surface area contributed by atoms with Crippen LogP contribution >= 0.6 is 0 Å². The monoisotopic (exact) mass is 458 g/mol. The van der Waals surface area contributed by atoms with Crippen molar-refractivity contribution in [3.8, 4) is 5.75 Å². The highest BCUT2D eigenvalue weighted by atomic mass is 16.6. The third-order valence-corrected chi connectivity index (χ3v) is 4.43. The van der Waals surface area contributed by atoms with Crippen LogP contribution in [0.15, 0.2) is 48.5 Å². The van der Waals surface area contributed by atoms with Crippen molar-refractivity contribution in [3.05, 3.63) is 79.9 Å². The largest absolute Gasteiger partial charge is 0.508 e. The van der Waals surface area contributed by atoms with Gasteiger partial charge in [0.1, 0.15) is 18.5 Å². The van der Waals surface area contributed by atoms with E-state index in [-0.39, 0.29) is 17.9 Å². The third kappa shape index (κ3) is 8.05. The molecule has 1 unspecified atom stereocenters. The normalized spacial score (nSPS) is 11.7. The maximum atomic E-state index is 12.4. The molecule has 0 aliphatic carbocycles. The van der Waals surface area contributed by atoms with Gasteiger partial charge in [-0.2, -0.15) is 0 Å². The van der Waals surface area contributed by atoms with Crippen molar-refractivity contribution in [2.24, 2.45) is 0 Å². The number of rotatable bonds is 11. The number of nitrogens with zero attached hydrogens (tertiary/aromatic N) is 2. The highest BCUT2D eigenvalue weighted by molar-refractivity contribution is 5.91. The maximum Gasteiger partial charge on any atom is 0.338 e. The van der Waals surface area contributed by atoms with Gasteiger partial charge in [0.2, 0.25) is 0 Å². The van der Waals surface area contributed by atoms with Crippen molar-refractivity contribution >= 4 is 29.4 Å². The summed E-state index contributed by atoms with van der Waals surface area (Å²) >= 11 is 0. The lowest BCUT2D eigenvalue weighted by atomic mass is 10.1. The maximum absolute atomic E-state index is 12.4. The standard InChI is InChI=1S/C22H22N2O9/c1-2-3-4-20(33-21(26)10-7-15-5-8-19(25)9-6-15)14-32-22(27)16-11-17(23(28)29)13-18(12-16)24(30)31/h5-13,20,25H,2-4,14H2,1H3/b10-7+. The van der Waals surface area contributed by atoms with E-state index in [1.54, 1.807) is 12.1 Å². The summed E-state index contributed by atoms with van der Waals surface area (Å²) in [6.07, 6.45) is 3.78. The Hall–Kier alpha value is -4.28. The number of nitro groups is 2. The van der Waals surface area contributed by atoms with E-state index in [4.69, 9.17) is 9.47 Å². The van der Waals surface area contributed by atoms with Gasteiger partial charge in [0, 0.05) is 18.2 Å². The van der Waals surface area contributed by atoms with E-state index in [0.29, 0.717) is 18.4 Å². The number of phenols is 1. The molecule has 0 heterocycles. The van der Waals surface area contributed by atoms with E-state index in [2.05, 4.69) is 0 Å². The van der Waals surface area contributed by atoms with E-state index < -0.39 is 39.3 Å². The zero-order valence-corrected chi connectivity index (χ0v) is 17.7. The summed E-state index contributed by atoms with van der Waals surface area (Å²) in [5.74, 6) is -1.60. The molecular weight excluding hydrogens is 436 g/mol. The summed E-state index contributed by atoms with van der Waals surface area (Å²) in [7, 11) is 0. The van der Waals surface area contributed by atoms with Crippen LogP contribution in [0.3, 0.4) is 0 Å². The van der Waals surface area contributed by atoms with E-state index in [0.717, 1.165) is 24.6 Å². The molecule has 33 heavy (non-hydrogen) atoms. The number of ether oxygens (including phenoxy) is 2. The van der Waals surface area contributed by atoms with Crippen LogP contribution in [-0.2, 0) is 14.3 Å². The molecule has 0 amide bonds. The van der Waals surface area contributed by atoms with Gasteiger partial charge in [0.25, 0.3) is 11.4 Å². The van der Waals surface area contributed by atoms with Crippen LogP contribution in [0, 0.1) is 20.2 Å².